The van der Waals surface area contributed by atoms with Gasteiger partial charge in [0.25, 0.3) is 5.91 Å². The van der Waals surface area contributed by atoms with Gasteiger partial charge < -0.3 is 24.1 Å². The first-order valence-corrected chi connectivity index (χ1v) is 12.4. The molecule has 4 rings (SSSR count). The number of carbonyl (C=O) groups is 2. The number of amides is 2. The number of aromatic nitrogens is 1. The van der Waals surface area contributed by atoms with Gasteiger partial charge in [0.05, 0.1) is 30.9 Å². The predicted octanol–water partition coefficient (Wildman–Crippen LogP) is 4.86. The number of nitriles is 1. The number of morpholine rings is 1. The monoisotopic (exact) mass is 504 g/mol. The van der Waals surface area contributed by atoms with Gasteiger partial charge in [-0.2, -0.15) is 5.26 Å². The minimum absolute atomic E-state index is 0.173. The highest BCUT2D eigenvalue weighted by molar-refractivity contribution is 5.94. The zero-order chi connectivity index (χ0) is 26.7. The number of rotatable bonds is 5. The number of benzene rings is 2. The third-order valence-electron chi connectivity index (χ3n) is 5.94. The summed E-state index contributed by atoms with van der Waals surface area (Å²) in [4.78, 5) is 31.2. The van der Waals surface area contributed by atoms with Gasteiger partial charge in [-0.25, -0.2) is 9.78 Å². The molecule has 1 aliphatic rings. The fourth-order valence-corrected chi connectivity index (χ4v) is 4.08. The van der Waals surface area contributed by atoms with Crippen molar-refractivity contribution in [1.29, 1.82) is 5.26 Å². The molecule has 2 amide bonds. The second-order valence-corrected chi connectivity index (χ2v) is 10.4. The molecule has 37 heavy (non-hydrogen) atoms. The smallest absolute Gasteiger partial charge is 0.410 e. The van der Waals surface area contributed by atoms with Gasteiger partial charge in [-0.1, -0.05) is 13.8 Å². The maximum absolute atomic E-state index is 12.7. The van der Waals surface area contributed by atoms with E-state index in [-0.39, 0.29) is 30.6 Å². The molecule has 194 valence electrons. The topological polar surface area (TPSA) is 118 Å². The number of oxazole rings is 1. The van der Waals surface area contributed by atoms with E-state index >= 15 is 0 Å². The summed E-state index contributed by atoms with van der Waals surface area (Å²) in [5.41, 5.74) is 3.41. The van der Waals surface area contributed by atoms with Crippen LogP contribution in [0.5, 0.6) is 0 Å². The third-order valence-corrected chi connectivity index (χ3v) is 5.94. The molecule has 3 aromatic rings. The number of ether oxygens (including phenoxy) is 2. The average molecular weight is 505 g/mol. The second kappa shape index (κ2) is 10.6. The molecule has 1 aromatic heterocycles. The third kappa shape index (κ3) is 6.27. The van der Waals surface area contributed by atoms with Crippen LogP contribution in [0.2, 0.25) is 0 Å². The Kier molecular flexibility index (Phi) is 7.50. The van der Waals surface area contributed by atoms with Crippen molar-refractivity contribution in [2.45, 2.75) is 52.2 Å². The molecule has 1 atom stereocenters. The number of hydrogen-bond donors (Lipinski definition) is 1. The molecule has 0 bridgehead atoms. The van der Waals surface area contributed by atoms with E-state index in [9.17, 15) is 14.9 Å². The summed E-state index contributed by atoms with van der Waals surface area (Å²) in [6.45, 7) is 11.0. The van der Waals surface area contributed by atoms with E-state index < -0.39 is 5.60 Å². The van der Waals surface area contributed by atoms with Crippen LogP contribution >= 0.6 is 0 Å². The summed E-state index contributed by atoms with van der Waals surface area (Å²) in [6, 6.07) is 12.7. The van der Waals surface area contributed by atoms with Gasteiger partial charge >= 0.3 is 6.09 Å². The number of hydrogen-bond acceptors (Lipinski definition) is 7. The molecule has 2 aromatic carbocycles. The van der Waals surface area contributed by atoms with E-state index in [0.717, 1.165) is 11.1 Å². The van der Waals surface area contributed by atoms with E-state index in [2.05, 4.69) is 16.4 Å². The van der Waals surface area contributed by atoms with Crippen molar-refractivity contribution in [3.63, 3.8) is 0 Å². The van der Waals surface area contributed by atoms with Crippen molar-refractivity contribution < 1.29 is 23.5 Å². The minimum atomic E-state index is -0.570. The molecular weight excluding hydrogens is 472 g/mol. The van der Waals surface area contributed by atoms with Crippen LogP contribution in [0.15, 0.2) is 40.8 Å². The van der Waals surface area contributed by atoms with Crippen molar-refractivity contribution in [2.75, 3.05) is 26.2 Å². The first-order valence-electron chi connectivity index (χ1n) is 12.4. The van der Waals surface area contributed by atoms with Crippen LogP contribution in [-0.2, 0) is 9.47 Å². The first kappa shape index (κ1) is 26.2. The Morgan fingerprint density at radius 3 is 2.62 bits per heavy atom. The highest BCUT2D eigenvalue weighted by Gasteiger charge is 2.28. The highest BCUT2D eigenvalue weighted by atomic mass is 16.6. The van der Waals surface area contributed by atoms with Gasteiger partial charge in [0, 0.05) is 29.8 Å². The predicted molar refractivity (Wildman–Crippen MR) is 138 cm³/mol. The molecule has 2 heterocycles. The van der Waals surface area contributed by atoms with Crippen LogP contribution in [0.4, 0.5) is 4.79 Å². The van der Waals surface area contributed by atoms with Gasteiger partial charge in [-0.05, 0) is 63.1 Å². The average Bonchev–Trinajstić information content (AvgIpc) is 3.30. The lowest BCUT2D eigenvalue weighted by atomic mass is 10.00. The van der Waals surface area contributed by atoms with Crippen LogP contribution in [0, 0.1) is 11.3 Å². The van der Waals surface area contributed by atoms with E-state index in [0.29, 0.717) is 47.8 Å². The van der Waals surface area contributed by atoms with E-state index in [1.165, 1.54) is 0 Å². The molecular formula is C28H32N4O5. The number of nitrogens with one attached hydrogen (secondary N) is 1. The van der Waals surface area contributed by atoms with Gasteiger partial charge in [0.1, 0.15) is 11.1 Å². The second-order valence-electron chi connectivity index (χ2n) is 10.4. The normalized spacial score (nSPS) is 16.0. The van der Waals surface area contributed by atoms with Crippen molar-refractivity contribution in [2.24, 2.45) is 0 Å². The Morgan fingerprint density at radius 2 is 1.97 bits per heavy atom. The van der Waals surface area contributed by atoms with Crippen LogP contribution in [0.25, 0.3) is 22.6 Å². The van der Waals surface area contributed by atoms with Crippen LogP contribution in [-0.4, -0.2) is 59.8 Å². The van der Waals surface area contributed by atoms with Crippen molar-refractivity contribution in [3.8, 4) is 17.5 Å². The molecule has 1 fully saturated rings. The Labute approximate surface area is 216 Å². The molecule has 1 aliphatic heterocycles. The SMILES string of the molecule is CC(C)c1cc(C#N)cc2nc(-c3ccc(C(=O)NCC4CN(C(=O)OC(C)(C)C)CCO4)cc3)oc12. The van der Waals surface area contributed by atoms with Gasteiger partial charge in [-0.15, -0.1) is 0 Å². The molecule has 1 unspecified atom stereocenters. The summed E-state index contributed by atoms with van der Waals surface area (Å²) < 4.78 is 17.2. The van der Waals surface area contributed by atoms with E-state index in [1.54, 1.807) is 35.2 Å². The fourth-order valence-electron chi connectivity index (χ4n) is 4.08. The Balaban J connectivity index is 1.40. The zero-order valence-corrected chi connectivity index (χ0v) is 21.8. The molecule has 0 saturated carbocycles. The quantitative estimate of drug-likeness (QED) is 0.527. The summed E-state index contributed by atoms with van der Waals surface area (Å²) >= 11 is 0. The van der Waals surface area contributed by atoms with Crippen molar-refractivity contribution in [3.05, 3.63) is 53.1 Å². The molecule has 9 heteroatoms. The summed E-state index contributed by atoms with van der Waals surface area (Å²) in [5, 5.41) is 12.2. The molecule has 0 radical (unpaired) electrons. The standard InChI is InChI=1S/C28H32N4O5/c1-17(2)22-12-18(14-29)13-23-24(22)36-26(31-23)20-8-6-19(7-9-20)25(33)30-15-21-16-32(10-11-35-21)27(34)37-28(3,4)5/h6-9,12-13,17,21H,10-11,15-16H2,1-5H3,(H,30,33). The van der Waals surface area contributed by atoms with Crippen molar-refractivity contribution >= 4 is 23.1 Å². The molecule has 0 spiro atoms. The van der Waals surface area contributed by atoms with Gasteiger partial charge in [0.15, 0.2) is 5.58 Å². The van der Waals surface area contributed by atoms with E-state index in [1.807, 2.05) is 40.7 Å². The first-order chi connectivity index (χ1) is 17.5. The Bertz CT molecular complexity index is 1330. The van der Waals surface area contributed by atoms with Crippen LogP contribution in [0.1, 0.15) is 62.0 Å². The lowest BCUT2D eigenvalue weighted by Gasteiger charge is -2.34. The number of fused-ring (bicyclic) bond motifs is 1. The molecule has 9 nitrogen and oxygen atoms in total. The minimum Gasteiger partial charge on any atom is -0.444 e. The summed E-state index contributed by atoms with van der Waals surface area (Å²) in [6.07, 6.45) is -0.705. The lowest BCUT2D eigenvalue weighted by molar-refractivity contribution is -0.0404. The maximum atomic E-state index is 12.7. The highest BCUT2D eigenvalue weighted by Crippen LogP contribution is 2.31. The Morgan fingerprint density at radius 1 is 1.24 bits per heavy atom. The van der Waals surface area contributed by atoms with Crippen LogP contribution < -0.4 is 5.32 Å². The summed E-state index contributed by atoms with van der Waals surface area (Å²) in [7, 11) is 0. The number of nitrogens with zero attached hydrogens (tertiary/aromatic N) is 3. The zero-order valence-electron chi connectivity index (χ0n) is 21.8. The van der Waals surface area contributed by atoms with Crippen molar-refractivity contribution in [1.82, 2.24) is 15.2 Å². The van der Waals surface area contributed by atoms with Gasteiger partial charge in [0.2, 0.25) is 5.89 Å². The lowest BCUT2D eigenvalue weighted by Crippen LogP contribution is -2.50. The van der Waals surface area contributed by atoms with E-state index in [4.69, 9.17) is 13.9 Å². The molecule has 1 saturated heterocycles. The van der Waals surface area contributed by atoms with Crippen LogP contribution in [0.3, 0.4) is 0 Å². The summed E-state index contributed by atoms with van der Waals surface area (Å²) in [5.74, 6) is 0.353. The fraction of sp³-hybridized carbons (Fsp3) is 0.429. The molecule has 1 N–H and O–H groups in total. The number of carbonyl (C=O) groups excluding carboxylic acids is 2. The molecule has 0 aliphatic carbocycles. The largest absolute Gasteiger partial charge is 0.444 e. The Hall–Kier alpha value is -3.90. The van der Waals surface area contributed by atoms with Gasteiger partial charge in [-0.3, -0.25) is 4.79 Å². The maximum Gasteiger partial charge on any atom is 0.410 e.